The number of nitrogens with zero attached hydrogens (tertiary/aromatic N) is 2. The Morgan fingerprint density at radius 1 is 0.960 bits per heavy atom. The monoisotopic (exact) mass is 341 g/mol. The summed E-state index contributed by atoms with van der Waals surface area (Å²) >= 11 is 0. The Labute approximate surface area is 143 Å². The number of nitrogens with two attached hydrogens (primary N) is 1. The standard InChI is InChI=1S/C18H17F2N5/c1-2-11-5-3-4-6-14(11)24-17-16(21)18(23-10-22-17)25-15-8-7-12(19)9-13(15)20/h3-10H,2,21H2,1H3,(H2,22,23,24,25). The molecular weight excluding hydrogens is 324 g/mol. The van der Waals surface area contributed by atoms with Crippen molar-refractivity contribution in [3.63, 3.8) is 0 Å². The third kappa shape index (κ3) is 3.65. The van der Waals surface area contributed by atoms with Gasteiger partial charge in [-0.2, -0.15) is 0 Å². The summed E-state index contributed by atoms with van der Waals surface area (Å²) in [6.45, 7) is 2.05. The van der Waals surface area contributed by atoms with E-state index in [0.29, 0.717) is 5.82 Å². The van der Waals surface area contributed by atoms with Gasteiger partial charge >= 0.3 is 0 Å². The summed E-state index contributed by atoms with van der Waals surface area (Å²) in [5.74, 6) is -0.751. The summed E-state index contributed by atoms with van der Waals surface area (Å²) in [5.41, 5.74) is 8.41. The summed E-state index contributed by atoms with van der Waals surface area (Å²) in [6, 6.07) is 11.0. The molecule has 0 aliphatic heterocycles. The van der Waals surface area contributed by atoms with Crippen LogP contribution in [0.15, 0.2) is 48.8 Å². The largest absolute Gasteiger partial charge is 0.393 e. The third-order valence-electron chi connectivity index (χ3n) is 3.72. The van der Waals surface area contributed by atoms with Crippen LogP contribution >= 0.6 is 0 Å². The van der Waals surface area contributed by atoms with Gasteiger partial charge in [0.25, 0.3) is 0 Å². The number of benzene rings is 2. The predicted molar refractivity (Wildman–Crippen MR) is 95.2 cm³/mol. The van der Waals surface area contributed by atoms with Crippen molar-refractivity contribution in [1.82, 2.24) is 9.97 Å². The molecule has 1 aromatic heterocycles. The van der Waals surface area contributed by atoms with Crippen LogP contribution in [0.2, 0.25) is 0 Å². The molecule has 0 spiro atoms. The van der Waals surface area contributed by atoms with Crippen LogP contribution in [0.25, 0.3) is 0 Å². The highest BCUT2D eigenvalue weighted by Gasteiger charge is 2.12. The van der Waals surface area contributed by atoms with E-state index >= 15 is 0 Å². The Bertz CT molecular complexity index is 898. The Morgan fingerprint density at radius 3 is 2.32 bits per heavy atom. The van der Waals surface area contributed by atoms with Gasteiger partial charge in [0.15, 0.2) is 11.6 Å². The lowest BCUT2D eigenvalue weighted by Crippen LogP contribution is -2.06. The number of para-hydroxylation sites is 1. The minimum absolute atomic E-state index is 0.0757. The first-order valence-electron chi connectivity index (χ1n) is 7.76. The molecule has 0 bridgehead atoms. The van der Waals surface area contributed by atoms with E-state index in [2.05, 4.69) is 20.6 Å². The molecule has 0 aliphatic carbocycles. The highest BCUT2D eigenvalue weighted by atomic mass is 19.1. The molecule has 2 aromatic carbocycles. The zero-order valence-electron chi connectivity index (χ0n) is 13.6. The normalized spacial score (nSPS) is 10.5. The van der Waals surface area contributed by atoms with Crippen LogP contribution in [0.1, 0.15) is 12.5 Å². The molecule has 128 valence electrons. The molecule has 0 unspecified atom stereocenters. The summed E-state index contributed by atoms with van der Waals surface area (Å²) < 4.78 is 26.8. The third-order valence-corrected chi connectivity index (χ3v) is 3.72. The fraction of sp³-hybridized carbons (Fsp3) is 0.111. The molecule has 3 rings (SSSR count). The Kier molecular flexibility index (Phi) is 4.74. The van der Waals surface area contributed by atoms with Crippen molar-refractivity contribution in [3.8, 4) is 0 Å². The summed E-state index contributed by atoms with van der Waals surface area (Å²) in [4.78, 5) is 8.18. The van der Waals surface area contributed by atoms with Crippen LogP contribution in [0, 0.1) is 11.6 Å². The number of rotatable bonds is 5. The van der Waals surface area contributed by atoms with Crippen molar-refractivity contribution in [2.75, 3.05) is 16.4 Å². The van der Waals surface area contributed by atoms with Gasteiger partial charge in [-0.25, -0.2) is 18.7 Å². The summed E-state index contributed by atoms with van der Waals surface area (Å²) in [7, 11) is 0. The van der Waals surface area contributed by atoms with E-state index < -0.39 is 11.6 Å². The maximum absolute atomic E-state index is 13.8. The van der Waals surface area contributed by atoms with Gasteiger partial charge in [0.1, 0.15) is 23.6 Å². The minimum Gasteiger partial charge on any atom is -0.393 e. The zero-order valence-corrected chi connectivity index (χ0v) is 13.6. The van der Waals surface area contributed by atoms with E-state index in [9.17, 15) is 8.78 Å². The van der Waals surface area contributed by atoms with Crippen LogP contribution in [-0.4, -0.2) is 9.97 Å². The molecule has 4 N–H and O–H groups in total. The van der Waals surface area contributed by atoms with Crippen LogP contribution < -0.4 is 16.4 Å². The highest BCUT2D eigenvalue weighted by molar-refractivity contribution is 5.80. The first kappa shape index (κ1) is 16.6. The number of nitrogens with one attached hydrogen (secondary N) is 2. The topological polar surface area (TPSA) is 75.9 Å². The van der Waals surface area contributed by atoms with Crippen molar-refractivity contribution >= 4 is 28.7 Å². The maximum Gasteiger partial charge on any atom is 0.159 e. The van der Waals surface area contributed by atoms with E-state index in [1.807, 2.05) is 31.2 Å². The van der Waals surface area contributed by atoms with Crippen LogP contribution in [-0.2, 0) is 6.42 Å². The van der Waals surface area contributed by atoms with E-state index in [1.165, 1.54) is 12.4 Å². The minimum atomic E-state index is -0.733. The molecule has 7 heteroatoms. The van der Waals surface area contributed by atoms with Gasteiger partial charge in [-0.15, -0.1) is 0 Å². The van der Waals surface area contributed by atoms with Gasteiger partial charge in [0, 0.05) is 11.8 Å². The van der Waals surface area contributed by atoms with Crippen LogP contribution in [0.4, 0.5) is 37.5 Å². The predicted octanol–water partition coefficient (Wildman–Crippen LogP) is 4.39. The molecule has 0 atom stereocenters. The molecule has 25 heavy (non-hydrogen) atoms. The van der Waals surface area contributed by atoms with Gasteiger partial charge in [-0.1, -0.05) is 25.1 Å². The number of aromatic nitrogens is 2. The Hall–Kier alpha value is -3.22. The number of halogens is 2. The first-order chi connectivity index (χ1) is 12.1. The number of nitrogen functional groups attached to an aromatic ring is 1. The molecule has 5 nitrogen and oxygen atoms in total. The van der Waals surface area contributed by atoms with Crippen molar-refractivity contribution < 1.29 is 8.78 Å². The van der Waals surface area contributed by atoms with Gasteiger partial charge in [0.2, 0.25) is 0 Å². The molecule has 0 aliphatic rings. The average molecular weight is 341 g/mol. The molecule has 1 heterocycles. The number of hydrogen-bond donors (Lipinski definition) is 3. The van der Waals surface area contributed by atoms with Crippen molar-refractivity contribution in [1.29, 1.82) is 0 Å². The SMILES string of the molecule is CCc1ccccc1Nc1ncnc(Nc2ccc(F)cc2F)c1N. The second kappa shape index (κ2) is 7.12. The van der Waals surface area contributed by atoms with Crippen molar-refractivity contribution in [3.05, 3.63) is 66.0 Å². The number of aryl methyl sites for hydroxylation is 1. The first-order valence-corrected chi connectivity index (χ1v) is 7.76. The average Bonchev–Trinajstić information content (AvgIpc) is 2.61. The van der Waals surface area contributed by atoms with Gasteiger partial charge < -0.3 is 16.4 Å². The lowest BCUT2D eigenvalue weighted by Gasteiger charge is -2.14. The van der Waals surface area contributed by atoms with Gasteiger partial charge in [-0.05, 0) is 30.2 Å². The fourth-order valence-electron chi connectivity index (χ4n) is 2.39. The number of anilines is 5. The molecule has 0 saturated carbocycles. The lowest BCUT2D eigenvalue weighted by atomic mass is 10.1. The zero-order chi connectivity index (χ0) is 17.8. The second-order valence-electron chi connectivity index (χ2n) is 5.37. The smallest absolute Gasteiger partial charge is 0.159 e. The van der Waals surface area contributed by atoms with Crippen LogP contribution in [0.3, 0.4) is 0 Å². The van der Waals surface area contributed by atoms with Crippen LogP contribution in [0.5, 0.6) is 0 Å². The Morgan fingerprint density at radius 2 is 1.64 bits per heavy atom. The molecule has 0 amide bonds. The molecular formula is C18H17F2N5. The van der Waals surface area contributed by atoms with E-state index in [-0.39, 0.29) is 17.2 Å². The Balaban J connectivity index is 1.89. The quantitative estimate of drug-likeness (QED) is 0.642. The van der Waals surface area contributed by atoms with Crippen molar-refractivity contribution in [2.24, 2.45) is 0 Å². The highest BCUT2D eigenvalue weighted by Crippen LogP contribution is 2.30. The molecule has 0 fully saturated rings. The maximum atomic E-state index is 13.8. The summed E-state index contributed by atoms with van der Waals surface area (Å²) in [6.07, 6.45) is 2.16. The van der Waals surface area contributed by atoms with E-state index in [0.717, 1.165) is 29.8 Å². The van der Waals surface area contributed by atoms with E-state index in [1.54, 1.807) is 0 Å². The molecule has 0 radical (unpaired) electrons. The van der Waals surface area contributed by atoms with E-state index in [4.69, 9.17) is 5.73 Å². The van der Waals surface area contributed by atoms with Gasteiger partial charge in [-0.3, -0.25) is 0 Å². The second-order valence-corrected chi connectivity index (χ2v) is 5.37. The summed E-state index contributed by atoms with van der Waals surface area (Å²) in [5, 5.41) is 5.94. The number of hydrogen-bond acceptors (Lipinski definition) is 5. The van der Waals surface area contributed by atoms with Crippen molar-refractivity contribution in [2.45, 2.75) is 13.3 Å². The lowest BCUT2D eigenvalue weighted by molar-refractivity contribution is 0.586. The molecule has 3 aromatic rings. The van der Waals surface area contributed by atoms with Gasteiger partial charge in [0.05, 0.1) is 5.69 Å². The fourth-order valence-corrected chi connectivity index (χ4v) is 2.39. The molecule has 0 saturated heterocycles.